The van der Waals surface area contributed by atoms with Crippen LogP contribution in [0.4, 0.5) is 16.4 Å². The molecule has 39 heavy (non-hydrogen) atoms. The van der Waals surface area contributed by atoms with Gasteiger partial charge in [-0.2, -0.15) is 10.2 Å². The first kappa shape index (κ1) is 28.3. The number of amides is 1. The smallest absolute Gasteiger partial charge is 0.407 e. The molecule has 1 aliphatic rings. The van der Waals surface area contributed by atoms with Gasteiger partial charge in [-0.25, -0.2) is 19.0 Å². The molecule has 1 amide bonds. The van der Waals surface area contributed by atoms with Gasteiger partial charge in [-0.05, 0) is 25.8 Å². The number of hydrogen-bond donors (Lipinski definition) is 3. The molecule has 1 fully saturated rings. The van der Waals surface area contributed by atoms with Crippen molar-refractivity contribution in [1.29, 1.82) is 0 Å². The van der Waals surface area contributed by atoms with Crippen molar-refractivity contribution in [1.82, 2.24) is 29.7 Å². The number of alkyl carbamates (subject to hydrolysis) is 1. The summed E-state index contributed by atoms with van der Waals surface area (Å²) in [7, 11) is 1.60. The van der Waals surface area contributed by atoms with Crippen molar-refractivity contribution < 1.29 is 28.5 Å². The fraction of sp³-hybridized carbons (Fsp3) is 0.560. The Morgan fingerprint density at radius 1 is 1.23 bits per heavy atom. The second-order valence-corrected chi connectivity index (χ2v) is 10.00. The van der Waals surface area contributed by atoms with Gasteiger partial charge in [0.15, 0.2) is 12.5 Å². The lowest BCUT2D eigenvalue weighted by Gasteiger charge is -2.15. The summed E-state index contributed by atoms with van der Waals surface area (Å²) in [5.74, 6) is 0.417. The Hall–Kier alpha value is -3.75. The van der Waals surface area contributed by atoms with E-state index >= 15 is 0 Å². The standard InChI is InChI=1S/C25H36N8O6/c1-14(2)22(26)24(34)38-13-33-21(29-23-19-8-16(11-36-5)30-32(19)7-6-27-23)10-18(31-33)20-9-17(12-37-20)39-25(35)28-15(3)4/h6-8,10,14-15,17,20,22H,9,11-13,26H2,1-5H3,(H,27,29)(H,28,35)/t17-,20-,22-/m0/s1. The van der Waals surface area contributed by atoms with Crippen LogP contribution in [0.15, 0.2) is 24.5 Å². The van der Waals surface area contributed by atoms with Crippen LogP contribution < -0.4 is 16.4 Å². The first-order valence-electron chi connectivity index (χ1n) is 12.8. The molecule has 4 rings (SSSR count). The fourth-order valence-corrected chi connectivity index (χ4v) is 4.00. The quantitative estimate of drug-likeness (QED) is 0.303. The van der Waals surface area contributed by atoms with Crippen LogP contribution in [0, 0.1) is 5.92 Å². The first-order valence-corrected chi connectivity index (χ1v) is 12.8. The molecule has 212 valence electrons. The molecule has 4 N–H and O–H groups in total. The molecule has 0 bridgehead atoms. The third-order valence-electron chi connectivity index (χ3n) is 6.07. The van der Waals surface area contributed by atoms with Gasteiger partial charge >= 0.3 is 12.1 Å². The average molecular weight is 545 g/mol. The number of hydrogen-bond acceptors (Lipinski definition) is 11. The lowest BCUT2D eigenvalue weighted by molar-refractivity contribution is -0.150. The van der Waals surface area contributed by atoms with Crippen molar-refractivity contribution in [2.45, 2.75) is 71.7 Å². The second kappa shape index (κ2) is 12.4. The average Bonchev–Trinajstić information content (AvgIpc) is 3.60. The van der Waals surface area contributed by atoms with Crippen LogP contribution in [0.3, 0.4) is 0 Å². The van der Waals surface area contributed by atoms with E-state index in [9.17, 15) is 9.59 Å². The van der Waals surface area contributed by atoms with E-state index in [1.54, 1.807) is 30.1 Å². The van der Waals surface area contributed by atoms with E-state index in [1.807, 2.05) is 33.8 Å². The Balaban J connectivity index is 1.56. The monoisotopic (exact) mass is 544 g/mol. The molecule has 0 spiro atoms. The zero-order valence-electron chi connectivity index (χ0n) is 22.8. The van der Waals surface area contributed by atoms with E-state index in [0.717, 1.165) is 11.2 Å². The van der Waals surface area contributed by atoms with Gasteiger partial charge in [-0.15, -0.1) is 0 Å². The minimum Gasteiger partial charge on any atom is -0.444 e. The number of rotatable bonds is 11. The maximum absolute atomic E-state index is 12.4. The zero-order valence-corrected chi connectivity index (χ0v) is 22.8. The van der Waals surface area contributed by atoms with E-state index in [0.29, 0.717) is 30.4 Å². The van der Waals surface area contributed by atoms with Crippen molar-refractivity contribution >= 4 is 29.2 Å². The lowest BCUT2D eigenvalue weighted by atomic mass is 10.1. The number of nitrogens with two attached hydrogens (primary N) is 1. The van der Waals surface area contributed by atoms with Crippen LogP contribution in [0.5, 0.6) is 0 Å². The maximum atomic E-state index is 12.4. The highest BCUT2D eigenvalue weighted by molar-refractivity contribution is 5.75. The molecule has 0 aliphatic carbocycles. The van der Waals surface area contributed by atoms with Gasteiger partial charge in [0.05, 0.1) is 24.6 Å². The minimum absolute atomic E-state index is 0.0362. The highest BCUT2D eigenvalue weighted by Crippen LogP contribution is 2.32. The molecule has 14 heteroatoms. The Kier molecular flexibility index (Phi) is 8.99. The largest absolute Gasteiger partial charge is 0.444 e. The number of anilines is 2. The normalized spacial score (nSPS) is 18.1. The highest BCUT2D eigenvalue weighted by Gasteiger charge is 2.32. The summed E-state index contributed by atoms with van der Waals surface area (Å²) in [5.41, 5.74) is 7.99. The number of carbonyl (C=O) groups excluding carboxylic acids is 2. The molecule has 0 unspecified atom stereocenters. The summed E-state index contributed by atoms with van der Waals surface area (Å²) < 4.78 is 25.2. The van der Waals surface area contributed by atoms with Crippen LogP contribution in [-0.2, 0) is 37.1 Å². The highest BCUT2D eigenvalue weighted by atomic mass is 16.6. The molecule has 0 aromatic carbocycles. The van der Waals surface area contributed by atoms with E-state index in [2.05, 4.69) is 25.8 Å². The van der Waals surface area contributed by atoms with E-state index < -0.39 is 30.3 Å². The van der Waals surface area contributed by atoms with E-state index in [-0.39, 0.29) is 25.3 Å². The fourth-order valence-electron chi connectivity index (χ4n) is 4.00. The summed E-state index contributed by atoms with van der Waals surface area (Å²) in [6, 6.07) is 2.86. The first-order chi connectivity index (χ1) is 18.6. The van der Waals surface area contributed by atoms with Crippen LogP contribution in [-0.4, -0.2) is 68.3 Å². The minimum atomic E-state index is -0.758. The SMILES string of the molecule is COCc1cc2c(Nc3cc([C@@H]4C[C@H](OC(=O)NC(C)C)CO4)nn3COC(=O)[C@@H](N)C(C)C)nccn2n1. The maximum Gasteiger partial charge on any atom is 0.407 e. The Bertz CT molecular complexity index is 1290. The second-order valence-electron chi connectivity index (χ2n) is 10.00. The third-order valence-corrected chi connectivity index (χ3v) is 6.07. The Morgan fingerprint density at radius 2 is 2.03 bits per heavy atom. The number of nitrogens with one attached hydrogen (secondary N) is 2. The molecule has 3 aromatic rings. The van der Waals surface area contributed by atoms with Gasteiger partial charge < -0.3 is 35.3 Å². The predicted octanol–water partition coefficient (Wildman–Crippen LogP) is 2.26. The van der Waals surface area contributed by atoms with Gasteiger partial charge in [0.25, 0.3) is 0 Å². The van der Waals surface area contributed by atoms with E-state index in [4.69, 9.17) is 24.7 Å². The van der Waals surface area contributed by atoms with Crippen molar-refractivity contribution in [2.24, 2.45) is 11.7 Å². The summed E-state index contributed by atoms with van der Waals surface area (Å²) in [5, 5.41) is 15.1. The molecule has 3 atom stereocenters. The van der Waals surface area contributed by atoms with Gasteiger partial charge in [0, 0.05) is 38.0 Å². The summed E-state index contributed by atoms with van der Waals surface area (Å²) in [6.07, 6.45) is 2.44. The molecular formula is C25H36N8O6. The molecular weight excluding hydrogens is 508 g/mol. The molecule has 1 saturated heterocycles. The van der Waals surface area contributed by atoms with Crippen molar-refractivity contribution in [3.05, 3.63) is 35.9 Å². The lowest BCUT2D eigenvalue weighted by Crippen LogP contribution is -2.37. The van der Waals surface area contributed by atoms with Crippen molar-refractivity contribution in [2.75, 3.05) is 19.0 Å². The number of fused-ring (bicyclic) bond motifs is 1. The van der Waals surface area contributed by atoms with Crippen LogP contribution in [0.2, 0.25) is 0 Å². The van der Waals surface area contributed by atoms with Gasteiger partial charge in [0.2, 0.25) is 0 Å². The Morgan fingerprint density at radius 3 is 2.74 bits per heavy atom. The number of esters is 1. The summed E-state index contributed by atoms with van der Waals surface area (Å²) >= 11 is 0. The van der Waals surface area contributed by atoms with Gasteiger partial charge in [-0.1, -0.05) is 13.8 Å². The van der Waals surface area contributed by atoms with Crippen LogP contribution in [0.1, 0.15) is 51.6 Å². The van der Waals surface area contributed by atoms with Crippen molar-refractivity contribution in [3.8, 4) is 0 Å². The van der Waals surface area contributed by atoms with E-state index in [1.165, 1.54) is 4.68 Å². The van der Waals surface area contributed by atoms with Crippen molar-refractivity contribution in [3.63, 3.8) is 0 Å². The summed E-state index contributed by atoms with van der Waals surface area (Å²) in [6.45, 7) is 7.82. The summed E-state index contributed by atoms with van der Waals surface area (Å²) in [4.78, 5) is 28.9. The van der Waals surface area contributed by atoms with Crippen LogP contribution in [0.25, 0.3) is 5.52 Å². The molecule has 14 nitrogen and oxygen atoms in total. The number of ether oxygens (including phenoxy) is 4. The molecule has 3 aromatic heterocycles. The zero-order chi connectivity index (χ0) is 28.1. The molecule has 4 heterocycles. The number of methoxy groups -OCH3 is 1. The third kappa shape index (κ3) is 7.02. The van der Waals surface area contributed by atoms with Gasteiger partial charge in [-0.3, -0.25) is 4.79 Å². The molecule has 1 aliphatic heterocycles. The predicted molar refractivity (Wildman–Crippen MR) is 140 cm³/mol. The number of carbonyl (C=O) groups is 2. The number of nitrogens with zero attached hydrogens (tertiary/aromatic N) is 5. The number of aromatic nitrogens is 5. The molecule has 0 saturated carbocycles. The molecule has 0 radical (unpaired) electrons. The van der Waals surface area contributed by atoms with Crippen LogP contribution >= 0.6 is 0 Å². The topological polar surface area (TPSA) is 169 Å². The van der Waals surface area contributed by atoms with Gasteiger partial charge in [0.1, 0.15) is 29.6 Å². The Labute approximate surface area is 226 Å².